The van der Waals surface area contributed by atoms with E-state index >= 15 is 0 Å². The molecule has 0 saturated carbocycles. The fraction of sp³-hybridized carbons (Fsp3) is 0.923. The van der Waals surface area contributed by atoms with E-state index in [1.54, 1.807) is 4.90 Å². The summed E-state index contributed by atoms with van der Waals surface area (Å²) >= 11 is 0. The van der Waals surface area contributed by atoms with Crippen molar-refractivity contribution < 1.29 is 17.9 Å². The number of sulfonamides is 1. The van der Waals surface area contributed by atoms with Crippen molar-refractivity contribution >= 4 is 16.1 Å². The van der Waals surface area contributed by atoms with E-state index in [2.05, 4.69) is 5.32 Å². The molecule has 0 bridgehead atoms. The molecule has 7 nitrogen and oxygen atoms in total. The van der Waals surface area contributed by atoms with Crippen molar-refractivity contribution in [2.24, 2.45) is 0 Å². The van der Waals surface area contributed by atoms with Gasteiger partial charge in [0.2, 0.25) is 10.0 Å². The highest BCUT2D eigenvalue weighted by atomic mass is 32.2. The van der Waals surface area contributed by atoms with Crippen LogP contribution in [0.1, 0.15) is 26.7 Å². The number of urea groups is 1. The first-order chi connectivity index (χ1) is 9.75. The molecule has 2 aliphatic heterocycles. The number of rotatable bonds is 2. The fourth-order valence-electron chi connectivity index (χ4n) is 2.94. The van der Waals surface area contributed by atoms with Crippen molar-refractivity contribution in [3.63, 3.8) is 0 Å². The van der Waals surface area contributed by atoms with Crippen molar-refractivity contribution in [3.05, 3.63) is 0 Å². The molecule has 2 heterocycles. The minimum Gasteiger partial charge on any atom is -0.372 e. The van der Waals surface area contributed by atoms with Crippen LogP contribution in [-0.2, 0) is 14.8 Å². The second-order valence-electron chi connectivity index (χ2n) is 6.05. The van der Waals surface area contributed by atoms with E-state index in [9.17, 15) is 13.2 Å². The lowest BCUT2D eigenvalue weighted by molar-refractivity contribution is -0.0548. The van der Waals surface area contributed by atoms with Crippen LogP contribution in [-0.4, -0.2) is 74.3 Å². The highest BCUT2D eigenvalue weighted by Gasteiger charge is 2.29. The normalized spacial score (nSPS) is 29.4. The molecule has 0 aromatic heterocycles. The zero-order chi connectivity index (χ0) is 15.6. The number of carbonyl (C=O) groups excluding carboxylic acids is 1. The molecule has 0 spiro atoms. The minimum atomic E-state index is -3.12. The Labute approximate surface area is 126 Å². The molecule has 0 aromatic rings. The fourth-order valence-corrected chi connectivity index (χ4v) is 3.82. The number of hydrogen-bond acceptors (Lipinski definition) is 4. The topological polar surface area (TPSA) is 79.0 Å². The Morgan fingerprint density at radius 2 is 1.67 bits per heavy atom. The Morgan fingerprint density at radius 1 is 1.14 bits per heavy atom. The molecule has 2 saturated heterocycles. The summed E-state index contributed by atoms with van der Waals surface area (Å²) in [7, 11) is -3.12. The number of nitrogens with zero attached hydrogens (tertiary/aromatic N) is 2. The molecule has 2 aliphatic rings. The van der Waals surface area contributed by atoms with Gasteiger partial charge in [-0.05, 0) is 26.7 Å². The molecule has 0 radical (unpaired) electrons. The number of nitrogens with one attached hydrogen (secondary N) is 1. The van der Waals surface area contributed by atoms with E-state index < -0.39 is 10.0 Å². The Bertz CT molecular complexity index is 464. The van der Waals surface area contributed by atoms with Gasteiger partial charge in [-0.25, -0.2) is 17.5 Å². The highest BCUT2D eigenvalue weighted by molar-refractivity contribution is 7.88. The summed E-state index contributed by atoms with van der Waals surface area (Å²) in [5, 5.41) is 3.01. The molecule has 0 aliphatic carbocycles. The number of piperidine rings is 1. The molecule has 2 fully saturated rings. The van der Waals surface area contributed by atoms with Gasteiger partial charge in [-0.2, -0.15) is 0 Å². The second kappa shape index (κ2) is 6.50. The van der Waals surface area contributed by atoms with Crippen LogP contribution in [0.4, 0.5) is 4.79 Å². The number of amides is 2. The average Bonchev–Trinajstić information content (AvgIpc) is 2.37. The van der Waals surface area contributed by atoms with Gasteiger partial charge >= 0.3 is 6.03 Å². The van der Waals surface area contributed by atoms with Crippen molar-refractivity contribution in [2.45, 2.75) is 44.9 Å². The number of morpholine rings is 1. The predicted molar refractivity (Wildman–Crippen MR) is 79.6 cm³/mol. The summed E-state index contributed by atoms with van der Waals surface area (Å²) in [6, 6.07) is -0.0289. The number of ether oxygens (including phenoxy) is 1. The molecular formula is C13H25N3O4S. The van der Waals surface area contributed by atoms with Crippen LogP contribution in [0.25, 0.3) is 0 Å². The maximum Gasteiger partial charge on any atom is 0.317 e. The van der Waals surface area contributed by atoms with Gasteiger partial charge in [0.1, 0.15) is 0 Å². The molecule has 1 N–H and O–H groups in total. The van der Waals surface area contributed by atoms with Crippen LogP contribution in [0.3, 0.4) is 0 Å². The third-order valence-electron chi connectivity index (χ3n) is 3.96. The molecule has 2 amide bonds. The summed E-state index contributed by atoms with van der Waals surface area (Å²) in [5.74, 6) is 0. The third-order valence-corrected chi connectivity index (χ3v) is 5.26. The van der Waals surface area contributed by atoms with Gasteiger partial charge in [-0.15, -0.1) is 0 Å². The van der Waals surface area contributed by atoms with Gasteiger partial charge in [0, 0.05) is 32.2 Å². The quantitative estimate of drug-likeness (QED) is 0.790. The second-order valence-corrected chi connectivity index (χ2v) is 8.03. The highest BCUT2D eigenvalue weighted by Crippen LogP contribution is 2.15. The van der Waals surface area contributed by atoms with E-state index in [0.717, 1.165) is 0 Å². The monoisotopic (exact) mass is 319 g/mol. The first kappa shape index (κ1) is 16.5. The lowest BCUT2D eigenvalue weighted by atomic mass is 10.1. The maximum absolute atomic E-state index is 12.3. The van der Waals surface area contributed by atoms with Gasteiger partial charge in [-0.1, -0.05) is 0 Å². The summed E-state index contributed by atoms with van der Waals surface area (Å²) in [6.07, 6.45) is 2.64. The van der Waals surface area contributed by atoms with E-state index in [-0.39, 0.29) is 24.3 Å². The average molecular weight is 319 g/mol. The van der Waals surface area contributed by atoms with Gasteiger partial charge in [0.15, 0.2) is 0 Å². The molecule has 2 atom stereocenters. The lowest BCUT2D eigenvalue weighted by Crippen LogP contribution is -2.55. The summed E-state index contributed by atoms with van der Waals surface area (Å²) in [5.41, 5.74) is 0. The van der Waals surface area contributed by atoms with E-state index in [1.807, 2.05) is 13.8 Å². The third kappa shape index (κ3) is 4.55. The van der Waals surface area contributed by atoms with E-state index in [0.29, 0.717) is 39.0 Å². The summed E-state index contributed by atoms with van der Waals surface area (Å²) < 4.78 is 30.0. The van der Waals surface area contributed by atoms with Crippen molar-refractivity contribution in [2.75, 3.05) is 32.4 Å². The zero-order valence-corrected chi connectivity index (χ0v) is 13.7. The van der Waals surface area contributed by atoms with Crippen molar-refractivity contribution in [3.8, 4) is 0 Å². The van der Waals surface area contributed by atoms with Crippen LogP contribution in [0, 0.1) is 0 Å². The standard InChI is InChI=1S/C13H25N3O4S/c1-10-8-15(9-11(2)20-10)13(17)14-12-4-6-16(7-5-12)21(3,18)19/h10-12H,4-9H2,1-3H3,(H,14,17)/t10-,11-/m0/s1. The van der Waals surface area contributed by atoms with Gasteiger partial charge < -0.3 is 15.0 Å². The lowest BCUT2D eigenvalue weighted by Gasteiger charge is -2.37. The van der Waals surface area contributed by atoms with Crippen LogP contribution >= 0.6 is 0 Å². The van der Waals surface area contributed by atoms with E-state index in [1.165, 1.54) is 10.6 Å². The minimum absolute atomic E-state index is 0.0453. The molecule has 0 aromatic carbocycles. The Morgan fingerprint density at radius 3 is 2.14 bits per heavy atom. The Kier molecular flexibility index (Phi) is 5.11. The Hall–Kier alpha value is -0.860. The van der Waals surface area contributed by atoms with E-state index in [4.69, 9.17) is 4.74 Å². The van der Waals surface area contributed by atoms with Crippen molar-refractivity contribution in [1.82, 2.24) is 14.5 Å². The zero-order valence-electron chi connectivity index (χ0n) is 12.9. The molecule has 2 rings (SSSR count). The van der Waals surface area contributed by atoms with Gasteiger partial charge in [0.25, 0.3) is 0 Å². The van der Waals surface area contributed by atoms with Crippen LogP contribution in [0.2, 0.25) is 0 Å². The largest absolute Gasteiger partial charge is 0.372 e. The maximum atomic E-state index is 12.3. The van der Waals surface area contributed by atoms with Crippen LogP contribution in [0.5, 0.6) is 0 Å². The smallest absolute Gasteiger partial charge is 0.317 e. The Balaban J connectivity index is 1.82. The SMILES string of the molecule is C[C@H]1CN(C(=O)NC2CCN(S(C)(=O)=O)CC2)C[C@H](C)O1. The van der Waals surface area contributed by atoms with Crippen LogP contribution < -0.4 is 5.32 Å². The predicted octanol–water partition coefficient (Wildman–Crippen LogP) is 0.229. The molecular weight excluding hydrogens is 294 g/mol. The van der Waals surface area contributed by atoms with Gasteiger partial charge in [0.05, 0.1) is 18.5 Å². The molecule has 21 heavy (non-hydrogen) atoms. The summed E-state index contributed by atoms with van der Waals surface area (Å²) in [4.78, 5) is 14.0. The first-order valence-corrected chi connectivity index (χ1v) is 9.26. The van der Waals surface area contributed by atoms with Crippen molar-refractivity contribution in [1.29, 1.82) is 0 Å². The van der Waals surface area contributed by atoms with Gasteiger partial charge in [-0.3, -0.25) is 0 Å². The molecule has 0 unspecified atom stereocenters. The first-order valence-electron chi connectivity index (χ1n) is 7.41. The number of carbonyl (C=O) groups is 1. The summed E-state index contributed by atoms with van der Waals surface area (Å²) in [6.45, 7) is 6.05. The molecule has 8 heteroatoms. The molecule has 122 valence electrons. The van der Waals surface area contributed by atoms with Crippen LogP contribution in [0.15, 0.2) is 0 Å². The number of hydrogen-bond donors (Lipinski definition) is 1.